The van der Waals surface area contributed by atoms with Crippen molar-refractivity contribution in [1.82, 2.24) is 0 Å². The molecule has 0 bridgehead atoms. The van der Waals surface area contributed by atoms with E-state index in [-0.39, 0.29) is 12.4 Å². The zero-order valence-corrected chi connectivity index (χ0v) is 24.0. The van der Waals surface area contributed by atoms with E-state index in [0.717, 1.165) is 0 Å². The average Bonchev–Trinajstić information content (AvgIpc) is 2.75. The van der Waals surface area contributed by atoms with Crippen LogP contribution in [-0.4, -0.2) is 31.7 Å². The van der Waals surface area contributed by atoms with E-state index in [4.69, 9.17) is 0 Å². The molecule has 0 atom stereocenters. The zero-order valence-electron chi connectivity index (χ0n) is 23.2. The van der Waals surface area contributed by atoms with Crippen molar-refractivity contribution in [2.45, 2.75) is 168 Å². The molecule has 0 N–H and O–H groups in total. The first-order valence-electron chi connectivity index (χ1n) is 14.9. The number of rotatable bonds is 26. The van der Waals surface area contributed by atoms with E-state index in [0.29, 0.717) is 0 Å². The van der Waals surface area contributed by atoms with Crippen LogP contribution in [0, 0.1) is 0 Å². The molecule has 0 rings (SSSR count). The summed E-state index contributed by atoms with van der Waals surface area (Å²) in [6.45, 7) is 7.38. The minimum absolute atomic E-state index is 0. The van der Waals surface area contributed by atoms with Crippen LogP contribution in [0.25, 0.3) is 0 Å². The van der Waals surface area contributed by atoms with Crippen LogP contribution < -0.4 is 12.4 Å². The molecule has 2 heteroatoms. The molecule has 0 radical (unpaired) electrons. The maximum atomic E-state index is 2.46. The van der Waals surface area contributed by atoms with Crippen LogP contribution in [0.2, 0.25) is 0 Å². The fourth-order valence-electron chi connectivity index (χ4n) is 4.87. The number of nitrogens with zero attached hydrogens (tertiary/aromatic N) is 1. The van der Waals surface area contributed by atoms with Gasteiger partial charge in [-0.15, -0.1) is 0 Å². The number of halogens is 1. The van der Waals surface area contributed by atoms with Crippen LogP contribution in [0.4, 0.5) is 0 Å². The molecule has 0 saturated carbocycles. The quantitative estimate of drug-likeness (QED) is 0.0902. The Morgan fingerprint density at radius 3 is 0.719 bits per heavy atom. The third kappa shape index (κ3) is 28.3. The summed E-state index contributed by atoms with van der Waals surface area (Å²) < 4.78 is 1.25. The summed E-state index contributed by atoms with van der Waals surface area (Å²) in [4.78, 5) is 0. The Morgan fingerprint density at radius 1 is 0.312 bits per heavy atom. The van der Waals surface area contributed by atoms with Gasteiger partial charge in [0.05, 0.1) is 27.2 Å². The Hall–Kier alpha value is 0.250. The second-order valence-electron chi connectivity index (χ2n) is 11.2. The Balaban J connectivity index is 0. The van der Waals surface area contributed by atoms with Gasteiger partial charge in [-0.2, -0.15) is 0 Å². The van der Waals surface area contributed by atoms with Gasteiger partial charge < -0.3 is 16.9 Å². The van der Waals surface area contributed by atoms with Crippen LogP contribution >= 0.6 is 0 Å². The number of unbranched alkanes of at least 4 members (excludes halogenated alkanes) is 22. The van der Waals surface area contributed by atoms with E-state index in [1.807, 2.05) is 0 Å². The molecular formula is C30H64ClN. The van der Waals surface area contributed by atoms with Crippen LogP contribution in [0.3, 0.4) is 0 Å². The molecule has 0 saturated heterocycles. The van der Waals surface area contributed by atoms with Gasteiger partial charge in [-0.05, 0) is 25.7 Å². The van der Waals surface area contributed by atoms with E-state index in [1.165, 1.54) is 172 Å². The van der Waals surface area contributed by atoms with Crippen LogP contribution in [0.5, 0.6) is 0 Å². The minimum atomic E-state index is 0. The molecule has 0 aliphatic rings. The third-order valence-corrected chi connectivity index (χ3v) is 7.23. The van der Waals surface area contributed by atoms with Crippen molar-refractivity contribution in [3.05, 3.63) is 0 Å². The van der Waals surface area contributed by atoms with Gasteiger partial charge in [0.25, 0.3) is 0 Å². The summed E-state index contributed by atoms with van der Waals surface area (Å²) in [5.74, 6) is 0. The fraction of sp³-hybridized carbons (Fsp3) is 1.00. The second kappa shape index (κ2) is 27.5. The molecule has 0 aromatic carbocycles. The summed E-state index contributed by atoms with van der Waals surface area (Å²) in [7, 11) is 4.91. The highest BCUT2D eigenvalue weighted by atomic mass is 35.5. The largest absolute Gasteiger partial charge is 1.00 e. The SMILES string of the molecule is CCCCCCCCCCCCCC[N+](C)(C)CCCCCCCCCCCCCC.[Cl-]. The van der Waals surface area contributed by atoms with Gasteiger partial charge >= 0.3 is 0 Å². The lowest BCUT2D eigenvalue weighted by Gasteiger charge is -2.30. The van der Waals surface area contributed by atoms with Crippen LogP contribution in [0.15, 0.2) is 0 Å². The van der Waals surface area contributed by atoms with Gasteiger partial charge in [-0.1, -0.05) is 142 Å². The first-order valence-corrected chi connectivity index (χ1v) is 14.9. The first kappa shape index (κ1) is 34.4. The van der Waals surface area contributed by atoms with E-state index in [2.05, 4.69) is 27.9 Å². The summed E-state index contributed by atoms with van der Waals surface area (Å²) >= 11 is 0. The number of hydrogen-bond donors (Lipinski definition) is 0. The number of hydrogen-bond acceptors (Lipinski definition) is 0. The summed E-state index contributed by atoms with van der Waals surface area (Å²) in [6, 6.07) is 0. The van der Waals surface area contributed by atoms with Crippen molar-refractivity contribution >= 4 is 0 Å². The van der Waals surface area contributed by atoms with Crippen molar-refractivity contribution in [2.75, 3.05) is 27.2 Å². The van der Waals surface area contributed by atoms with Crippen LogP contribution in [-0.2, 0) is 0 Å². The molecule has 0 amide bonds. The summed E-state index contributed by atoms with van der Waals surface area (Å²) in [6.07, 6.45) is 35.0. The highest BCUT2D eigenvalue weighted by molar-refractivity contribution is 4.50. The molecule has 0 unspecified atom stereocenters. The van der Waals surface area contributed by atoms with Gasteiger partial charge in [-0.25, -0.2) is 0 Å². The molecule has 0 aromatic heterocycles. The molecule has 32 heavy (non-hydrogen) atoms. The molecular weight excluding hydrogens is 410 g/mol. The van der Waals surface area contributed by atoms with Gasteiger partial charge in [0.15, 0.2) is 0 Å². The molecule has 1 nitrogen and oxygen atoms in total. The fourth-order valence-corrected chi connectivity index (χ4v) is 4.87. The maximum absolute atomic E-state index is 2.46. The second-order valence-corrected chi connectivity index (χ2v) is 11.2. The van der Waals surface area contributed by atoms with E-state index < -0.39 is 0 Å². The van der Waals surface area contributed by atoms with Crippen LogP contribution in [0.1, 0.15) is 168 Å². The van der Waals surface area contributed by atoms with Crippen molar-refractivity contribution in [2.24, 2.45) is 0 Å². The Labute approximate surface area is 211 Å². The maximum Gasteiger partial charge on any atom is 0.0782 e. The smallest absolute Gasteiger partial charge is 0.0782 e. The molecule has 0 aliphatic heterocycles. The highest BCUT2D eigenvalue weighted by Crippen LogP contribution is 2.15. The minimum Gasteiger partial charge on any atom is -1.00 e. The molecule has 0 aliphatic carbocycles. The predicted octanol–water partition coefficient (Wildman–Crippen LogP) is 7.47. The topological polar surface area (TPSA) is 0 Å². The number of quaternary nitrogens is 1. The lowest BCUT2D eigenvalue weighted by atomic mass is 10.0. The highest BCUT2D eigenvalue weighted by Gasteiger charge is 2.13. The summed E-state index contributed by atoms with van der Waals surface area (Å²) in [5, 5.41) is 0. The molecule has 0 heterocycles. The molecule has 0 fully saturated rings. The Morgan fingerprint density at radius 2 is 0.500 bits per heavy atom. The normalized spacial score (nSPS) is 11.6. The van der Waals surface area contributed by atoms with Gasteiger partial charge in [0.1, 0.15) is 0 Å². The van der Waals surface area contributed by atoms with Gasteiger partial charge in [0.2, 0.25) is 0 Å². The molecule has 0 spiro atoms. The van der Waals surface area contributed by atoms with Crippen molar-refractivity contribution in [3.8, 4) is 0 Å². The van der Waals surface area contributed by atoms with Crippen molar-refractivity contribution < 1.29 is 16.9 Å². The van der Waals surface area contributed by atoms with Crippen molar-refractivity contribution in [3.63, 3.8) is 0 Å². The Kier molecular flexibility index (Phi) is 29.6. The van der Waals surface area contributed by atoms with E-state index in [9.17, 15) is 0 Å². The van der Waals surface area contributed by atoms with Gasteiger partial charge in [0, 0.05) is 0 Å². The van der Waals surface area contributed by atoms with E-state index >= 15 is 0 Å². The lowest BCUT2D eigenvalue weighted by Crippen LogP contribution is -3.00. The summed E-state index contributed by atoms with van der Waals surface area (Å²) in [5.41, 5.74) is 0. The first-order chi connectivity index (χ1) is 15.1. The van der Waals surface area contributed by atoms with Crippen molar-refractivity contribution in [1.29, 1.82) is 0 Å². The molecule has 0 aromatic rings. The monoisotopic (exact) mass is 473 g/mol. The van der Waals surface area contributed by atoms with Gasteiger partial charge in [-0.3, -0.25) is 0 Å². The zero-order chi connectivity index (χ0) is 22.9. The third-order valence-electron chi connectivity index (χ3n) is 7.23. The average molecular weight is 474 g/mol. The standard InChI is InChI=1S/C30H64N.ClH/c1-5-7-9-11-13-15-17-19-21-23-25-27-29-31(3,4)30-28-26-24-22-20-18-16-14-12-10-8-6-2;/h5-30H2,1-4H3;1H/q+1;/p-1. The van der Waals surface area contributed by atoms with E-state index in [1.54, 1.807) is 0 Å². The Bertz CT molecular complexity index is 299. The predicted molar refractivity (Wildman–Crippen MR) is 144 cm³/mol. The lowest BCUT2D eigenvalue weighted by molar-refractivity contribution is -0.890. The molecule has 196 valence electrons.